The van der Waals surface area contributed by atoms with E-state index < -0.39 is 17.7 Å². The van der Waals surface area contributed by atoms with Crippen LogP contribution in [-0.4, -0.2) is 19.1 Å². The molecule has 1 N–H and O–H groups in total. The third-order valence-electron chi connectivity index (χ3n) is 2.38. The summed E-state index contributed by atoms with van der Waals surface area (Å²) < 4.78 is 31.5. The number of hydrogen-bond donors (Lipinski definition) is 1. The Morgan fingerprint density at radius 3 is 2.83 bits per heavy atom. The second kappa shape index (κ2) is 7.06. The minimum atomic E-state index is -0.599. The summed E-state index contributed by atoms with van der Waals surface area (Å²) in [5.74, 6) is -1.42. The molecule has 0 bridgehead atoms. The summed E-state index contributed by atoms with van der Waals surface area (Å²) in [4.78, 5) is 11.4. The Labute approximate surface area is 105 Å². The molecule has 0 aromatic heterocycles. The highest BCUT2D eigenvalue weighted by Crippen LogP contribution is 2.17. The van der Waals surface area contributed by atoms with Crippen molar-refractivity contribution in [1.29, 1.82) is 0 Å². The van der Waals surface area contributed by atoms with Crippen molar-refractivity contribution in [3.63, 3.8) is 0 Å². The van der Waals surface area contributed by atoms with Gasteiger partial charge in [-0.25, -0.2) is 8.78 Å². The van der Waals surface area contributed by atoms with Crippen LogP contribution in [0.5, 0.6) is 0 Å². The maximum Gasteiger partial charge on any atom is 0.246 e. The number of ether oxygens (including phenoxy) is 1. The molecule has 0 fully saturated rings. The predicted octanol–water partition coefficient (Wildman–Crippen LogP) is 2.57. The molecule has 0 saturated carbocycles. The number of carbonyl (C=O) groups excluding carboxylic acids is 1. The third kappa shape index (κ3) is 4.41. The molecule has 1 unspecified atom stereocenters. The molecular formula is C13H17F2NO2. The maximum atomic E-state index is 13.4. The van der Waals surface area contributed by atoms with Crippen molar-refractivity contribution in [3.8, 4) is 0 Å². The van der Waals surface area contributed by atoms with E-state index in [9.17, 15) is 13.6 Å². The topological polar surface area (TPSA) is 38.3 Å². The molecule has 0 radical (unpaired) electrons. The largest absolute Gasteiger partial charge is 0.372 e. The lowest BCUT2D eigenvalue weighted by molar-refractivity contribution is -0.126. The van der Waals surface area contributed by atoms with Crippen molar-refractivity contribution >= 4 is 5.91 Å². The summed E-state index contributed by atoms with van der Waals surface area (Å²) in [6.45, 7) is 3.95. The lowest BCUT2D eigenvalue weighted by Gasteiger charge is -2.15. The van der Waals surface area contributed by atoms with Gasteiger partial charge in [0, 0.05) is 12.2 Å². The Balaban J connectivity index is 2.56. The Bertz CT molecular complexity index is 410. The minimum absolute atomic E-state index is 0.0743. The van der Waals surface area contributed by atoms with Crippen molar-refractivity contribution in [2.45, 2.75) is 26.3 Å². The number of nitrogens with one attached hydrogen (secondary N) is 1. The third-order valence-corrected chi connectivity index (χ3v) is 2.38. The molecule has 1 aromatic carbocycles. The highest BCUT2D eigenvalue weighted by atomic mass is 19.1. The van der Waals surface area contributed by atoms with E-state index in [0.717, 1.165) is 24.6 Å². The van der Waals surface area contributed by atoms with Gasteiger partial charge in [0.25, 0.3) is 0 Å². The molecular weight excluding hydrogens is 240 g/mol. The highest BCUT2D eigenvalue weighted by Gasteiger charge is 2.14. The standard InChI is InChI=1S/C13H17F2NO2/c1-3-6-18-8-13(17)16-9(2)11-7-10(14)4-5-12(11)15/h4-5,7,9H,3,6,8H2,1-2H3,(H,16,17). The second-order valence-corrected chi connectivity index (χ2v) is 4.01. The molecule has 1 aromatic rings. The fraction of sp³-hybridized carbons (Fsp3) is 0.462. The summed E-state index contributed by atoms with van der Waals surface area (Å²) in [6.07, 6.45) is 0.821. The summed E-state index contributed by atoms with van der Waals surface area (Å²) in [7, 11) is 0. The molecule has 5 heteroatoms. The predicted molar refractivity (Wildman–Crippen MR) is 64.0 cm³/mol. The van der Waals surface area contributed by atoms with Gasteiger partial charge in [-0.15, -0.1) is 0 Å². The van der Waals surface area contributed by atoms with Gasteiger partial charge < -0.3 is 10.1 Å². The molecule has 1 amide bonds. The van der Waals surface area contributed by atoms with Crippen LogP contribution in [0.2, 0.25) is 0 Å². The lowest BCUT2D eigenvalue weighted by atomic mass is 10.1. The van der Waals surface area contributed by atoms with Gasteiger partial charge >= 0.3 is 0 Å². The molecule has 1 rings (SSSR count). The SMILES string of the molecule is CCCOCC(=O)NC(C)c1cc(F)ccc1F. The maximum absolute atomic E-state index is 13.4. The van der Waals surface area contributed by atoms with Crippen LogP contribution in [-0.2, 0) is 9.53 Å². The zero-order valence-corrected chi connectivity index (χ0v) is 10.5. The molecule has 0 saturated heterocycles. The molecule has 0 heterocycles. The van der Waals surface area contributed by atoms with E-state index in [2.05, 4.69) is 5.32 Å². The monoisotopic (exact) mass is 257 g/mol. The quantitative estimate of drug-likeness (QED) is 0.795. The van der Waals surface area contributed by atoms with Crippen molar-refractivity contribution in [2.75, 3.05) is 13.2 Å². The molecule has 3 nitrogen and oxygen atoms in total. The molecule has 1 atom stereocenters. The first-order valence-corrected chi connectivity index (χ1v) is 5.86. The number of halogens is 2. The van der Waals surface area contributed by atoms with E-state index in [4.69, 9.17) is 4.74 Å². The van der Waals surface area contributed by atoms with Crippen molar-refractivity contribution < 1.29 is 18.3 Å². The van der Waals surface area contributed by atoms with Crippen LogP contribution in [0.4, 0.5) is 8.78 Å². The molecule has 100 valence electrons. The van der Waals surface area contributed by atoms with Crippen molar-refractivity contribution in [1.82, 2.24) is 5.32 Å². The Morgan fingerprint density at radius 1 is 1.44 bits per heavy atom. The summed E-state index contributed by atoms with van der Waals surface area (Å²) in [6, 6.07) is 2.56. The van der Waals surface area contributed by atoms with Crippen LogP contribution in [0.15, 0.2) is 18.2 Å². The average molecular weight is 257 g/mol. The van der Waals surface area contributed by atoms with E-state index in [0.29, 0.717) is 6.61 Å². The molecule has 18 heavy (non-hydrogen) atoms. The van der Waals surface area contributed by atoms with Crippen LogP contribution in [0, 0.1) is 11.6 Å². The first kappa shape index (κ1) is 14.6. The van der Waals surface area contributed by atoms with Crippen LogP contribution in [0.3, 0.4) is 0 Å². The smallest absolute Gasteiger partial charge is 0.246 e. The second-order valence-electron chi connectivity index (χ2n) is 4.01. The van der Waals surface area contributed by atoms with Crippen LogP contribution < -0.4 is 5.32 Å². The Hall–Kier alpha value is -1.49. The molecule has 0 aliphatic rings. The fourth-order valence-electron chi connectivity index (χ4n) is 1.52. The normalized spacial score (nSPS) is 12.2. The van der Waals surface area contributed by atoms with Crippen LogP contribution >= 0.6 is 0 Å². The van der Waals surface area contributed by atoms with Crippen molar-refractivity contribution in [3.05, 3.63) is 35.4 Å². The van der Waals surface area contributed by atoms with Gasteiger partial charge in [0.2, 0.25) is 5.91 Å². The molecule has 0 spiro atoms. The average Bonchev–Trinajstić information content (AvgIpc) is 2.32. The number of benzene rings is 1. The number of amides is 1. The highest BCUT2D eigenvalue weighted by molar-refractivity contribution is 5.77. The van der Waals surface area contributed by atoms with E-state index >= 15 is 0 Å². The summed E-state index contributed by atoms with van der Waals surface area (Å²) in [5.41, 5.74) is 0.124. The van der Waals surface area contributed by atoms with E-state index in [1.807, 2.05) is 6.92 Å². The number of rotatable bonds is 6. The Kier molecular flexibility index (Phi) is 5.71. The molecule has 0 aliphatic heterocycles. The lowest BCUT2D eigenvalue weighted by Crippen LogP contribution is -2.30. The zero-order chi connectivity index (χ0) is 13.5. The number of hydrogen-bond acceptors (Lipinski definition) is 2. The Morgan fingerprint density at radius 2 is 2.17 bits per heavy atom. The van der Waals surface area contributed by atoms with Gasteiger partial charge in [-0.1, -0.05) is 6.92 Å². The minimum Gasteiger partial charge on any atom is -0.372 e. The van der Waals surface area contributed by atoms with Gasteiger partial charge in [-0.3, -0.25) is 4.79 Å². The van der Waals surface area contributed by atoms with E-state index in [1.54, 1.807) is 6.92 Å². The number of carbonyl (C=O) groups is 1. The first-order chi connectivity index (χ1) is 8.54. The zero-order valence-electron chi connectivity index (χ0n) is 10.5. The van der Waals surface area contributed by atoms with E-state index in [-0.39, 0.29) is 18.1 Å². The fourth-order valence-corrected chi connectivity index (χ4v) is 1.52. The van der Waals surface area contributed by atoms with Crippen molar-refractivity contribution in [2.24, 2.45) is 0 Å². The van der Waals surface area contributed by atoms with Crippen LogP contribution in [0.1, 0.15) is 31.9 Å². The summed E-state index contributed by atoms with van der Waals surface area (Å²) >= 11 is 0. The van der Waals surface area contributed by atoms with Gasteiger partial charge in [0.05, 0.1) is 6.04 Å². The summed E-state index contributed by atoms with van der Waals surface area (Å²) in [5, 5.41) is 2.55. The van der Waals surface area contributed by atoms with Gasteiger partial charge in [0.1, 0.15) is 18.2 Å². The van der Waals surface area contributed by atoms with Gasteiger partial charge in [0.15, 0.2) is 0 Å². The van der Waals surface area contributed by atoms with E-state index in [1.165, 1.54) is 0 Å². The van der Waals surface area contributed by atoms with Gasteiger partial charge in [-0.05, 0) is 31.5 Å². The first-order valence-electron chi connectivity index (χ1n) is 5.86. The van der Waals surface area contributed by atoms with Crippen LogP contribution in [0.25, 0.3) is 0 Å². The molecule has 0 aliphatic carbocycles. The van der Waals surface area contributed by atoms with Gasteiger partial charge in [-0.2, -0.15) is 0 Å².